The summed E-state index contributed by atoms with van der Waals surface area (Å²) in [5.74, 6) is 0.0172. The molecule has 0 aliphatic carbocycles. The Balaban J connectivity index is 0.000000670. The van der Waals surface area contributed by atoms with Gasteiger partial charge in [0, 0.05) is 13.5 Å². The van der Waals surface area contributed by atoms with E-state index in [1.165, 1.54) is 6.33 Å². The highest BCUT2D eigenvalue weighted by Crippen LogP contribution is 2.48. The molecule has 2 aromatic rings. The number of ether oxygens (including phenoxy) is 2. The number of rotatable bonds is 2. The lowest BCUT2D eigenvalue weighted by molar-refractivity contribution is -0.214. The van der Waals surface area contributed by atoms with Gasteiger partial charge >= 0.3 is 0 Å². The first-order chi connectivity index (χ1) is 11.0. The van der Waals surface area contributed by atoms with Crippen molar-refractivity contribution < 1.29 is 19.7 Å². The summed E-state index contributed by atoms with van der Waals surface area (Å²) in [5, 5.41) is 16.6. The number of aliphatic hydroxyl groups is 2. The molecule has 24 heavy (non-hydrogen) atoms. The molecule has 2 bridgehead atoms. The minimum absolute atomic E-state index is 0. The van der Waals surface area contributed by atoms with Crippen molar-refractivity contribution in [1.82, 2.24) is 19.5 Å². The number of fused-ring (bicyclic) bond motifs is 3. The van der Waals surface area contributed by atoms with Gasteiger partial charge in [-0.25, -0.2) is 4.98 Å². The van der Waals surface area contributed by atoms with Crippen LogP contribution in [0.5, 0.6) is 0 Å². The second kappa shape index (κ2) is 6.48. The molecule has 2 unspecified atom stereocenters. The number of anilines is 1. The highest BCUT2D eigenvalue weighted by Gasteiger charge is 2.58. The summed E-state index contributed by atoms with van der Waals surface area (Å²) in [6, 6.07) is 0. The molecule has 2 aromatic heterocycles. The maximum absolute atomic E-state index is 11.8. The predicted molar refractivity (Wildman–Crippen MR) is 86.3 cm³/mol. The van der Waals surface area contributed by atoms with Gasteiger partial charge in [0.25, 0.3) is 5.56 Å². The smallest absolute Gasteiger partial charge is 0.280 e. The van der Waals surface area contributed by atoms with Crippen molar-refractivity contribution in [2.24, 2.45) is 0 Å². The minimum atomic E-state index is -0.710. The van der Waals surface area contributed by atoms with Crippen molar-refractivity contribution in [1.29, 1.82) is 0 Å². The number of aliphatic hydroxyl groups excluding tert-OH is 2. The molecular formula is C14H23N5O5. The Morgan fingerprint density at radius 1 is 1.54 bits per heavy atom. The van der Waals surface area contributed by atoms with Gasteiger partial charge in [-0.15, -0.1) is 0 Å². The second-order valence-corrected chi connectivity index (χ2v) is 5.53. The first-order valence-electron chi connectivity index (χ1n) is 7.15. The molecule has 0 saturated carbocycles. The van der Waals surface area contributed by atoms with Crippen LogP contribution in [0.3, 0.4) is 0 Å². The third-order valence-electron chi connectivity index (χ3n) is 4.33. The fourth-order valence-electron chi connectivity index (χ4n) is 3.16. The Bertz CT molecular complexity index is 774. The predicted octanol–water partition coefficient (Wildman–Crippen LogP) is -0.616. The van der Waals surface area contributed by atoms with Crippen LogP contribution in [0.25, 0.3) is 11.2 Å². The summed E-state index contributed by atoms with van der Waals surface area (Å²) in [4.78, 5) is 22.4. The van der Waals surface area contributed by atoms with Crippen LogP contribution in [-0.4, -0.2) is 61.3 Å². The van der Waals surface area contributed by atoms with E-state index >= 15 is 0 Å². The number of aromatic amines is 1. The Kier molecular flexibility index (Phi) is 4.95. The molecule has 2 saturated heterocycles. The van der Waals surface area contributed by atoms with Crippen LogP contribution >= 0.6 is 0 Å². The van der Waals surface area contributed by atoms with E-state index in [0.717, 1.165) is 7.11 Å². The number of nitrogens with two attached hydrogens (primary N) is 1. The van der Waals surface area contributed by atoms with Gasteiger partial charge in [0.05, 0.1) is 19.0 Å². The van der Waals surface area contributed by atoms with E-state index in [1.54, 1.807) is 4.57 Å². The number of hydrogen-bond donors (Lipinski definition) is 4. The number of nitrogens with one attached hydrogen (secondary N) is 1. The van der Waals surface area contributed by atoms with Crippen LogP contribution in [0.2, 0.25) is 0 Å². The first kappa shape index (κ1) is 18.3. The summed E-state index contributed by atoms with van der Waals surface area (Å²) < 4.78 is 13.5. The fourth-order valence-corrected chi connectivity index (χ4v) is 3.16. The lowest BCUT2D eigenvalue weighted by Gasteiger charge is -2.34. The number of nitrogen functional groups attached to an aromatic ring is 1. The molecule has 0 aromatic carbocycles. The van der Waals surface area contributed by atoms with E-state index in [1.807, 2.05) is 6.92 Å². The largest absolute Gasteiger partial charge is 0.400 e. The van der Waals surface area contributed by atoms with E-state index in [9.17, 15) is 9.90 Å². The van der Waals surface area contributed by atoms with Crippen molar-refractivity contribution in [3.63, 3.8) is 0 Å². The molecule has 4 heterocycles. The van der Waals surface area contributed by atoms with Crippen molar-refractivity contribution >= 4 is 17.1 Å². The van der Waals surface area contributed by atoms with Crippen LogP contribution in [0.4, 0.5) is 5.95 Å². The average Bonchev–Trinajstić information content (AvgIpc) is 3.19. The molecule has 134 valence electrons. The van der Waals surface area contributed by atoms with Gasteiger partial charge in [-0.05, 0) is 6.92 Å². The summed E-state index contributed by atoms with van der Waals surface area (Å²) in [5.41, 5.74) is 5.02. The quantitative estimate of drug-likeness (QED) is 0.565. The van der Waals surface area contributed by atoms with Crippen LogP contribution in [-0.2, 0) is 9.47 Å². The lowest BCUT2D eigenvalue weighted by Crippen LogP contribution is -2.44. The highest BCUT2D eigenvalue weighted by molar-refractivity contribution is 5.70. The highest BCUT2D eigenvalue weighted by atomic mass is 16.6. The zero-order chi connectivity index (χ0) is 16.8. The zero-order valence-electron chi connectivity index (χ0n) is 12.8. The second-order valence-electron chi connectivity index (χ2n) is 5.53. The van der Waals surface area contributed by atoms with E-state index < -0.39 is 17.4 Å². The molecule has 0 radical (unpaired) electrons. The zero-order valence-corrected chi connectivity index (χ0v) is 12.8. The molecule has 5 N–H and O–H groups in total. The Morgan fingerprint density at radius 3 is 2.88 bits per heavy atom. The van der Waals surface area contributed by atoms with Crippen LogP contribution in [0.15, 0.2) is 11.1 Å². The SMILES string of the molecule is C.CC1OC2C[C@@]1(CO)O[C@H]2n1cnc2c(=O)[nH]c(N)nc21.CO. The summed E-state index contributed by atoms with van der Waals surface area (Å²) in [6.07, 6.45) is 1.20. The molecule has 10 heteroatoms. The first-order valence-corrected chi connectivity index (χ1v) is 7.15. The Labute approximate surface area is 138 Å². The normalized spacial score (nSPS) is 30.8. The molecule has 4 rings (SSSR count). The van der Waals surface area contributed by atoms with E-state index in [2.05, 4.69) is 15.0 Å². The van der Waals surface area contributed by atoms with Gasteiger partial charge in [-0.2, -0.15) is 4.98 Å². The lowest BCUT2D eigenvalue weighted by atomic mass is 9.98. The van der Waals surface area contributed by atoms with Crippen LogP contribution in [0.1, 0.15) is 27.0 Å². The van der Waals surface area contributed by atoms with E-state index in [4.69, 9.17) is 20.3 Å². The third-order valence-corrected chi connectivity index (χ3v) is 4.33. The Morgan fingerprint density at radius 2 is 2.25 bits per heavy atom. The molecular weight excluding hydrogens is 318 g/mol. The van der Waals surface area contributed by atoms with Crippen LogP contribution < -0.4 is 11.3 Å². The van der Waals surface area contributed by atoms with E-state index in [0.29, 0.717) is 12.1 Å². The van der Waals surface area contributed by atoms with Crippen molar-refractivity contribution in [2.45, 2.75) is 44.8 Å². The maximum Gasteiger partial charge on any atom is 0.280 e. The number of aromatic nitrogens is 4. The molecule has 4 atom stereocenters. The van der Waals surface area contributed by atoms with Gasteiger partial charge in [0.2, 0.25) is 5.95 Å². The fraction of sp³-hybridized carbons (Fsp3) is 0.643. The van der Waals surface area contributed by atoms with Gasteiger partial charge in [0.1, 0.15) is 11.7 Å². The molecule has 0 amide bonds. The summed E-state index contributed by atoms with van der Waals surface area (Å²) >= 11 is 0. The number of hydrogen-bond acceptors (Lipinski definition) is 8. The molecule has 2 fully saturated rings. The summed E-state index contributed by atoms with van der Waals surface area (Å²) in [6.45, 7) is 1.75. The van der Waals surface area contributed by atoms with Crippen molar-refractivity contribution in [2.75, 3.05) is 19.5 Å². The van der Waals surface area contributed by atoms with Gasteiger partial charge in [-0.3, -0.25) is 14.3 Å². The van der Waals surface area contributed by atoms with Gasteiger partial charge in [-0.1, -0.05) is 7.43 Å². The minimum Gasteiger partial charge on any atom is -0.400 e. The van der Waals surface area contributed by atoms with E-state index in [-0.39, 0.29) is 37.7 Å². The van der Waals surface area contributed by atoms with Crippen LogP contribution in [0, 0.1) is 0 Å². The average molecular weight is 341 g/mol. The van der Waals surface area contributed by atoms with Crippen molar-refractivity contribution in [3.05, 3.63) is 16.7 Å². The number of H-pyrrole nitrogens is 1. The Hall–Kier alpha value is -2.01. The molecule has 2 aliphatic heterocycles. The summed E-state index contributed by atoms with van der Waals surface area (Å²) in [7, 11) is 1.00. The van der Waals surface area contributed by atoms with Crippen molar-refractivity contribution in [3.8, 4) is 0 Å². The maximum atomic E-state index is 11.8. The molecule has 0 spiro atoms. The topological polar surface area (TPSA) is 149 Å². The standard InChI is InChI=1S/C12H15N5O4.CH4O.CH4/c1-5-12(3-18)2-6(20-5)10(21-12)17-4-14-7-8(17)15-11(13)16-9(7)19;1-2;/h4-6,10,18H,2-3H2,1H3,(H3,13,15,16,19);2H,1H3;1H4/t5?,6?,10-,12+;;/m1../s1. The number of imidazole rings is 1. The van der Waals surface area contributed by atoms with Gasteiger partial charge in [0.15, 0.2) is 17.4 Å². The number of nitrogens with zero attached hydrogens (tertiary/aromatic N) is 3. The third kappa shape index (κ3) is 2.47. The molecule has 10 nitrogen and oxygen atoms in total. The molecule has 2 aliphatic rings. The monoisotopic (exact) mass is 341 g/mol. The van der Waals surface area contributed by atoms with Gasteiger partial charge < -0.3 is 25.4 Å².